The molecule has 0 aliphatic carbocycles. The van der Waals surface area contributed by atoms with Crippen molar-refractivity contribution in [2.75, 3.05) is 0 Å². The number of carbonyl (C=O) groups is 1. The quantitative estimate of drug-likeness (QED) is 0.791. The number of rotatable bonds is 2. The fourth-order valence-corrected chi connectivity index (χ4v) is 1.74. The Morgan fingerprint density at radius 3 is 2.80 bits per heavy atom. The Morgan fingerprint density at radius 2 is 2.20 bits per heavy atom. The summed E-state index contributed by atoms with van der Waals surface area (Å²) in [5.74, 6) is 0. The Morgan fingerprint density at radius 1 is 1.40 bits per heavy atom. The smallest absolute Gasteiger partial charge is 0.151 e. The first kappa shape index (κ1) is 9.93. The molecule has 0 aliphatic heterocycles. The number of hydrogen-bond donors (Lipinski definition) is 1. The normalized spacial score (nSPS) is 10.3. The molecule has 1 aromatic heterocycles. The molecule has 1 heterocycles. The number of aromatic amines is 1. The van der Waals surface area contributed by atoms with Gasteiger partial charge in [-0.25, -0.2) is 0 Å². The SMILES string of the molecule is Cc1[nH]ncc1-c1cccc(C=O)c1Cl. The predicted octanol–water partition coefficient (Wildman–Crippen LogP) is 2.85. The van der Waals surface area contributed by atoms with Gasteiger partial charge in [-0.1, -0.05) is 29.8 Å². The second-order valence-electron chi connectivity index (χ2n) is 3.24. The van der Waals surface area contributed by atoms with Crippen LogP contribution in [0.5, 0.6) is 0 Å². The van der Waals surface area contributed by atoms with Gasteiger partial charge in [0.25, 0.3) is 0 Å². The van der Waals surface area contributed by atoms with Crippen molar-refractivity contribution in [2.24, 2.45) is 0 Å². The van der Waals surface area contributed by atoms with E-state index in [0.717, 1.165) is 23.1 Å². The minimum atomic E-state index is 0.469. The van der Waals surface area contributed by atoms with E-state index in [2.05, 4.69) is 10.2 Å². The second kappa shape index (κ2) is 3.87. The molecule has 0 spiro atoms. The highest BCUT2D eigenvalue weighted by atomic mass is 35.5. The molecule has 0 fully saturated rings. The molecule has 4 heteroatoms. The number of nitrogens with one attached hydrogen (secondary N) is 1. The first-order chi connectivity index (χ1) is 7.24. The number of aldehydes is 1. The van der Waals surface area contributed by atoms with Crippen molar-refractivity contribution in [3.8, 4) is 11.1 Å². The van der Waals surface area contributed by atoms with E-state index in [-0.39, 0.29) is 0 Å². The van der Waals surface area contributed by atoms with Gasteiger partial charge in [-0.3, -0.25) is 9.89 Å². The Bertz CT molecular complexity index is 505. The second-order valence-corrected chi connectivity index (χ2v) is 3.61. The van der Waals surface area contributed by atoms with E-state index in [1.54, 1.807) is 18.3 Å². The van der Waals surface area contributed by atoms with Gasteiger partial charge in [-0.05, 0) is 6.92 Å². The van der Waals surface area contributed by atoms with Crippen molar-refractivity contribution in [1.29, 1.82) is 0 Å². The van der Waals surface area contributed by atoms with Crippen LogP contribution in [0.1, 0.15) is 16.1 Å². The van der Waals surface area contributed by atoms with Crippen LogP contribution in [0.25, 0.3) is 11.1 Å². The molecule has 3 nitrogen and oxygen atoms in total. The maximum Gasteiger partial charge on any atom is 0.151 e. The highest BCUT2D eigenvalue weighted by Crippen LogP contribution is 2.30. The molecule has 1 aromatic carbocycles. The summed E-state index contributed by atoms with van der Waals surface area (Å²) >= 11 is 6.10. The summed E-state index contributed by atoms with van der Waals surface area (Å²) in [4.78, 5) is 10.7. The van der Waals surface area contributed by atoms with Crippen molar-refractivity contribution in [2.45, 2.75) is 6.92 Å². The maximum absolute atomic E-state index is 10.7. The standard InChI is InChI=1S/C11H9ClN2O/c1-7-10(5-13-14-7)9-4-2-3-8(6-15)11(9)12/h2-6H,1H3,(H,13,14). The van der Waals surface area contributed by atoms with Crippen LogP contribution in [0, 0.1) is 6.92 Å². The molecular formula is C11H9ClN2O. The van der Waals surface area contributed by atoms with E-state index in [4.69, 9.17) is 11.6 Å². The Hall–Kier alpha value is -1.61. The van der Waals surface area contributed by atoms with Crippen LogP contribution in [0.15, 0.2) is 24.4 Å². The molecule has 2 rings (SSSR count). The first-order valence-electron chi connectivity index (χ1n) is 4.48. The van der Waals surface area contributed by atoms with E-state index >= 15 is 0 Å². The van der Waals surface area contributed by atoms with Gasteiger partial charge < -0.3 is 0 Å². The number of nitrogens with zero attached hydrogens (tertiary/aromatic N) is 1. The van der Waals surface area contributed by atoms with Crippen molar-refractivity contribution in [3.63, 3.8) is 0 Å². The topological polar surface area (TPSA) is 45.8 Å². The third-order valence-electron chi connectivity index (χ3n) is 2.28. The molecule has 0 bridgehead atoms. The molecule has 2 aromatic rings. The van der Waals surface area contributed by atoms with Crippen molar-refractivity contribution >= 4 is 17.9 Å². The van der Waals surface area contributed by atoms with Gasteiger partial charge in [-0.15, -0.1) is 0 Å². The van der Waals surface area contributed by atoms with Crippen LogP contribution in [-0.4, -0.2) is 16.5 Å². The van der Waals surface area contributed by atoms with Gasteiger partial charge in [0.1, 0.15) is 0 Å². The summed E-state index contributed by atoms with van der Waals surface area (Å²) in [7, 11) is 0. The molecule has 0 saturated carbocycles. The van der Waals surface area contributed by atoms with E-state index in [1.807, 2.05) is 13.0 Å². The molecule has 76 valence electrons. The van der Waals surface area contributed by atoms with Gasteiger partial charge in [0.05, 0.1) is 11.2 Å². The van der Waals surface area contributed by atoms with Crippen LogP contribution < -0.4 is 0 Å². The highest BCUT2D eigenvalue weighted by Gasteiger charge is 2.10. The van der Waals surface area contributed by atoms with Crippen LogP contribution >= 0.6 is 11.6 Å². The lowest BCUT2D eigenvalue weighted by Gasteiger charge is -2.04. The van der Waals surface area contributed by atoms with Crippen molar-refractivity contribution in [1.82, 2.24) is 10.2 Å². The zero-order valence-electron chi connectivity index (χ0n) is 8.12. The van der Waals surface area contributed by atoms with Gasteiger partial charge in [-0.2, -0.15) is 5.10 Å². The van der Waals surface area contributed by atoms with Gasteiger partial charge >= 0.3 is 0 Å². The molecule has 0 saturated heterocycles. The third-order valence-corrected chi connectivity index (χ3v) is 2.70. The van der Waals surface area contributed by atoms with E-state index in [9.17, 15) is 4.79 Å². The summed E-state index contributed by atoms with van der Waals surface area (Å²) in [6.45, 7) is 1.91. The number of hydrogen-bond acceptors (Lipinski definition) is 2. The number of aromatic nitrogens is 2. The molecular weight excluding hydrogens is 212 g/mol. The monoisotopic (exact) mass is 220 g/mol. The van der Waals surface area contributed by atoms with E-state index in [1.165, 1.54) is 0 Å². The number of benzene rings is 1. The highest BCUT2D eigenvalue weighted by molar-refractivity contribution is 6.35. The van der Waals surface area contributed by atoms with Gasteiger partial charge in [0.2, 0.25) is 0 Å². The Kier molecular flexibility index (Phi) is 2.56. The van der Waals surface area contributed by atoms with Crippen LogP contribution in [0.3, 0.4) is 0 Å². The van der Waals surface area contributed by atoms with Crippen molar-refractivity contribution < 1.29 is 4.79 Å². The summed E-state index contributed by atoms with van der Waals surface area (Å²) in [5.41, 5.74) is 3.17. The Labute approximate surface area is 92.1 Å². The minimum absolute atomic E-state index is 0.469. The molecule has 0 radical (unpaired) electrons. The Balaban J connectivity index is 2.64. The molecule has 0 atom stereocenters. The fraction of sp³-hybridized carbons (Fsp3) is 0.0909. The maximum atomic E-state index is 10.7. The minimum Gasteiger partial charge on any atom is -0.298 e. The zero-order valence-corrected chi connectivity index (χ0v) is 8.88. The molecule has 0 aliphatic rings. The number of H-pyrrole nitrogens is 1. The number of halogens is 1. The van der Waals surface area contributed by atoms with Gasteiger partial charge in [0, 0.05) is 22.4 Å². The van der Waals surface area contributed by atoms with E-state index in [0.29, 0.717) is 10.6 Å². The fourth-order valence-electron chi connectivity index (χ4n) is 1.47. The zero-order chi connectivity index (χ0) is 10.8. The number of carbonyl (C=O) groups excluding carboxylic acids is 1. The van der Waals surface area contributed by atoms with Gasteiger partial charge in [0.15, 0.2) is 6.29 Å². The lowest BCUT2D eigenvalue weighted by molar-refractivity contribution is 0.112. The molecule has 1 N–H and O–H groups in total. The first-order valence-corrected chi connectivity index (χ1v) is 4.86. The summed E-state index contributed by atoms with van der Waals surface area (Å²) in [6.07, 6.45) is 2.45. The largest absolute Gasteiger partial charge is 0.298 e. The average molecular weight is 221 g/mol. The van der Waals surface area contributed by atoms with Crippen LogP contribution in [0.2, 0.25) is 5.02 Å². The van der Waals surface area contributed by atoms with Crippen LogP contribution in [-0.2, 0) is 0 Å². The number of aryl methyl sites for hydroxylation is 1. The average Bonchev–Trinajstić information content (AvgIpc) is 2.65. The predicted molar refractivity (Wildman–Crippen MR) is 59.2 cm³/mol. The lowest BCUT2D eigenvalue weighted by atomic mass is 10.0. The summed E-state index contributed by atoms with van der Waals surface area (Å²) < 4.78 is 0. The third kappa shape index (κ3) is 1.66. The van der Waals surface area contributed by atoms with Crippen LogP contribution in [0.4, 0.5) is 0 Å². The molecule has 0 unspecified atom stereocenters. The van der Waals surface area contributed by atoms with Crippen molar-refractivity contribution in [3.05, 3.63) is 40.7 Å². The molecule has 15 heavy (non-hydrogen) atoms. The molecule has 0 amide bonds. The van der Waals surface area contributed by atoms with E-state index < -0.39 is 0 Å². The lowest BCUT2D eigenvalue weighted by Crippen LogP contribution is -1.86. The summed E-state index contributed by atoms with van der Waals surface area (Å²) in [6, 6.07) is 5.36. The summed E-state index contributed by atoms with van der Waals surface area (Å²) in [5, 5.41) is 7.23.